The minimum absolute atomic E-state index is 0.0439. The third-order valence-corrected chi connectivity index (χ3v) is 7.74. The van der Waals surface area contributed by atoms with Crippen LogP contribution in [0.1, 0.15) is 68.8 Å². The normalized spacial score (nSPS) is 14.1. The van der Waals surface area contributed by atoms with Crippen molar-refractivity contribution in [1.29, 1.82) is 0 Å². The zero-order chi connectivity index (χ0) is 28.6. The van der Waals surface area contributed by atoms with Gasteiger partial charge in [-0.2, -0.15) is 0 Å². The van der Waals surface area contributed by atoms with E-state index in [1.165, 1.54) is 35.1 Å². The first-order chi connectivity index (χ1) is 19.3. The predicted octanol–water partition coefficient (Wildman–Crippen LogP) is 5.25. The van der Waals surface area contributed by atoms with Crippen LogP contribution in [0.15, 0.2) is 54.6 Å². The quantitative estimate of drug-likeness (QED) is 0.144. The van der Waals surface area contributed by atoms with E-state index in [4.69, 9.17) is 9.47 Å². The molecule has 40 heavy (non-hydrogen) atoms. The standard InChI is InChI=1S/C29H28N2O8S/c1-2-38-29(35)27-22-12-11-19(18-7-4-3-5-8-18)16-24(22)40-28(27)30-25(33)13-14-26(34)39-17-23(32)20-9-6-10-21(15-20)31(36)37/h3-10,15,19H,2,11-14,16-17H2,1H3,(H,30,33)/t19-/m1/s1. The number of carbonyl (C=O) groups excluding carboxylic acids is 4. The van der Waals surface area contributed by atoms with E-state index in [1.807, 2.05) is 18.2 Å². The van der Waals surface area contributed by atoms with E-state index in [-0.39, 0.29) is 30.7 Å². The molecule has 1 aliphatic carbocycles. The average molecular weight is 565 g/mol. The molecule has 3 aromatic rings. The number of Topliss-reactive ketones (excluding diaryl/α,β-unsaturated/α-hetero) is 1. The number of hydrogen-bond acceptors (Lipinski definition) is 9. The highest BCUT2D eigenvalue weighted by molar-refractivity contribution is 7.17. The summed E-state index contributed by atoms with van der Waals surface area (Å²) < 4.78 is 10.2. The number of amides is 1. The van der Waals surface area contributed by atoms with Crippen molar-refractivity contribution >= 4 is 45.7 Å². The highest BCUT2D eigenvalue weighted by Crippen LogP contribution is 2.42. The van der Waals surface area contributed by atoms with E-state index in [0.29, 0.717) is 22.9 Å². The molecule has 1 heterocycles. The summed E-state index contributed by atoms with van der Waals surface area (Å²) in [6.07, 6.45) is 1.79. The average Bonchev–Trinajstić information content (AvgIpc) is 3.32. The SMILES string of the molecule is CCOC(=O)c1c(NC(=O)CCC(=O)OCC(=O)c2cccc([N+](=O)[O-])c2)sc2c1CC[C@@H](c1ccccc1)C2. The number of nitro groups is 1. The molecule has 1 N–H and O–H groups in total. The molecule has 1 amide bonds. The number of rotatable bonds is 11. The Labute approximate surface area is 234 Å². The van der Waals surface area contributed by atoms with Crippen LogP contribution in [-0.2, 0) is 31.9 Å². The van der Waals surface area contributed by atoms with Gasteiger partial charge < -0.3 is 14.8 Å². The minimum atomic E-state index is -0.768. The maximum atomic E-state index is 12.8. The topological polar surface area (TPSA) is 142 Å². The number of benzene rings is 2. The molecule has 10 nitrogen and oxygen atoms in total. The summed E-state index contributed by atoms with van der Waals surface area (Å²) in [5, 5.41) is 14.1. The number of anilines is 1. The van der Waals surface area contributed by atoms with Crippen LogP contribution < -0.4 is 5.32 Å². The molecule has 0 aliphatic heterocycles. The Balaban J connectivity index is 1.36. The van der Waals surface area contributed by atoms with Gasteiger partial charge in [0, 0.05) is 29.0 Å². The van der Waals surface area contributed by atoms with E-state index < -0.39 is 35.2 Å². The number of esters is 2. The molecule has 1 atom stereocenters. The molecular weight excluding hydrogens is 536 g/mol. The lowest BCUT2D eigenvalue weighted by molar-refractivity contribution is -0.384. The number of nitrogens with zero attached hydrogens (tertiary/aromatic N) is 1. The van der Waals surface area contributed by atoms with Crippen LogP contribution in [0.5, 0.6) is 0 Å². The number of thiophene rings is 1. The summed E-state index contributed by atoms with van der Waals surface area (Å²) in [5.41, 5.74) is 2.29. The second kappa shape index (κ2) is 13.1. The van der Waals surface area contributed by atoms with Gasteiger partial charge in [-0.05, 0) is 43.2 Å². The zero-order valence-corrected chi connectivity index (χ0v) is 22.7. The van der Waals surface area contributed by atoms with Gasteiger partial charge in [0.2, 0.25) is 11.7 Å². The first kappa shape index (κ1) is 28.6. The monoisotopic (exact) mass is 564 g/mol. The first-order valence-electron chi connectivity index (χ1n) is 12.9. The van der Waals surface area contributed by atoms with Gasteiger partial charge in [-0.25, -0.2) is 4.79 Å². The maximum absolute atomic E-state index is 12.8. The molecule has 4 rings (SSSR count). The lowest BCUT2D eigenvalue weighted by Crippen LogP contribution is -2.19. The summed E-state index contributed by atoms with van der Waals surface area (Å²) in [7, 11) is 0. The molecule has 1 aromatic heterocycles. The number of non-ortho nitro benzene ring substituents is 1. The van der Waals surface area contributed by atoms with Gasteiger partial charge in [0.1, 0.15) is 5.00 Å². The van der Waals surface area contributed by atoms with Crippen LogP contribution in [0.3, 0.4) is 0 Å². The van der Waals surface area contributed by atoms with Crippen LogP contribution >= 0.6 is 11.3 Å². The van der Waals surface area contributed by atoms with E-state index in [9.17, 15) is 29.3 Å². The Morgan fingerprint density at radius 3 is 2.55 bits per heavy atom. The van der Waals surface area contributed by atoms with Crippen molar-refractivity contribution in [2.24, 2.45) is 0 Å². The number of hydrogen-bond donors (Lipinski definition) is 1. The van der Waals surface area contributed by atoms with E-state index in [0.717, 1.165) is 29.3 Å². The third-order valence-electron chi connectivity index (χ3n) is 6.57. The van der Waals surface area contributed by atoms with Crippen LogP contribution in [0.2, 0.25) is 0 Å². The molecular formula is C29H28N2O8S. The second-order valence-corrected chi connectivity index (χ2v) is 10.3. The number of ketones is 1. The van der Waals surface area contributed by atoms with Gasteiger partial charge in [-0.1, -0.05) is 42.5 Å². The Kier molecular flexibility index (Phi) is 9.39. The van der Waals surface area contributed by atoms with Crippen molar-refractivity contribution in [3.63, 3.8) is 0 Å². The minimum Gasteiger partial charge on any atom is -0.462 e. The Bertz CT molecular complexity index is 1430. The molecule has 1 aliphatic rings. The maximum Gasteiger partial charge on any atom is 0.341 e. The van der Waals surface area contributed by atoms with Crippen LogP contribution in [-0.4, -0.2) is 41.8 Å². The lowest BCUT2D eigenvalue weighted by atomic mass is 9.83. The molecule has 2 aromatic carbocycles. The summed E-state index contributed by atoms with van der Waals surface area (Å²) in [4.78, 5) is 61.2. The van der Waals surface area contributed by atoms with Crippen molar-refractivity contribution in [2.45, 2.75) is 44.9 Å². The van der Waals surface area contributed by atoms with Crippen molar-refractivity contribution in [3.8, 4) is 0 Å². The van der Waals surface area contributed by atoms with Crippen molar-refractivity contribution < 1.29 is 33.6 Å². The summed E-state index contributed by atoms with van der Waals surface area (Å²) in [5.74, 6) is -2.03. The van der Waals surface area contributed by atoms with Gasteiger partial charge in [0.15, 0.2) is 6.61 Å². The smallest absolute Gasteiger partial charge is 0.341 e. The number of nitrogens with one attached hydrogen (secondary N) is 1. The zero-order valence-electron chi connectivity index (χ0n) is 21.8. The fourth-order valence-electron chi connectivity index (χ4n) is 4.60. The molecule has 0 radical (unpaired) electrons. The number of ether oxygens (including phenoxy) is 2. The van der Waals surface area contributed by atoms with Gasteiger partial charge >= 0.3 is 11.9 Å². The van der Waals surface area contributed by atoms with Crippen LogP contribution in [0, 0.1) is 10.1 Å². The summed E-state index contributed by atoms with van der Waals surface area (Å²) in [6.45, 7) is 1.31. The highest BCUT2D eigenvalue weighted by Gasteiger charge is 2.31. The largest absolute Gasteiger partial charge is 0.462 e. The molecule has 0 saturated carbocycles. The number of nitro benzene ring substituents is 1. The summed E-state index contributed by atoms with van der Waals surface area (Å²) >= 11 is 1.35. The van der Waals surface area contributed by atoms with Gasteiger partial charge in [-0.3, -0.25) is 24.5 Å². The van der Waals surface area contributed by atoms with Crippen molar-refractivity contribution in [1.82, 2.24) is 0 Å². The number of carbonyl (C=O) groups is 4. The van der Waals surface area contributed by atoms with Gasteiger partial charge in [0.05, 0.1) is 23.5 Å². The Morgan fingerprint density at radius 1 is 1.05 bits per heavy atom. The van der Waals surface area contributed by atoms with Crippen LogP contribution in [0.25, 0.3) is 0 Å². The Hall–Kier alpha value is -4.38. The van der Waals surface area contributed by atoms with Gasteiger partial charge in [-0.15, -0.1) is 11.3 Å². The second-order valence-electron chi connectivity index (χ2n) is 9.22. The molecule has 0 spiro atoms. The highest BCUT2D eigenvalue weighted by atomic mass is 32.1. The molecule has 0 saturated heterocycles. The third kappa shape index (κ3) is 6.97. The predicted molar refractivity (Wildman–Crippen MR) is 148 cm³/mol. The lowest BCUT2D eigenvalue weighted by Gasteiger charge is -2.23. The first-order valence-corrected chi connectivity index (χ1v) is 13.7. The molecule has 11 heteroatoms. The number of fused-ring (bicyclic) bond motifs is 1. The van der Waals surface area contributed by atoms with Crippen molar-refractivity contribution in [3.05, 3.63) is 91.8 Å². The Morgan fingerprint density at radius 2 is 1.82 bits per heavy atom. The molecule has 208 valence electrons. The summed E-state index contributed by atoms with van der Waals surface area (Å²) in [6, 6.07) is 15.3. The molecule has 0 bridgehead atoms. The van der Waals surface area contributed by atoms with Crippen LogP contribution in [0.4, 0.5) is 10.7 Å². The van der Waals surface area contributed by atoms with E-state index in [1.54, 1.807) is 6.92 Å². The molecule has 0 unspecified atom stereocenters. The van der Waals surface area contributed by atoms with Gasteiger partial charge in [0.25, 0.3) is 5.69 Å². The van der Waals surface area contributed by atoms with E-state index >= 15 is 0 Å². The fourth-order valence-corrected chi connectivity index (χ4v) is 5.93. The fraction of sp³-hybridized carbons (Fsp3) is 0.310. The van der Waals surface area contributed by atoms with Crippen molar-refractivity contribution in [2.75, 3.05) is 18.5 Å². The molecule has 0 fully saturated rings. The van der Waals surface area contributed by atoms with E-state index in [2.05, 4.69) is 17.4 Å².